The second kappa shape index (κ2) is 8.78. The van der Waals surface area contributed by atoms with Crippen molar-refractivity contribution in [2.24, 2.45) is 0 Å². The Morgan fingerprint density at radius 1 is 1.00 bits per heavy atom. The van der Waals surface area contributed by atoms with Gasteiger partial charge in [-0.2, -0.15) is 13.2 Å². The van der Waals surface area contributed by atoms with Crippen molar-refractivity contribution in [3.05, 3.63) is 59.9 Å². The summed E-state index contributed by atoms with van der Waals surface area (Å²) >= 11 is 0. The second-order valence-electron chi connectivity index (χ2n) is 5.65. The van der Waals surface area contributed by atoms with Crippen LogP contribution in [0.25, 0.3) is 0 Å². The Bertz CT molecular complexity index is 994. The Kier molecular flexibility index (Phi) is 6.85. The van der Waals surface area contributed by atoms with Gasteiger partial charge in [-0.15, -0.1) is 0 Å². The molecule has 2 amide bonds. The predicted octanol–water partition coefficient (Wildman–Crippen LogP) is 3.08. The Morgan fingerprint density at radius 3 is 2.03 bits per heavy atom. The SMILES string of the molecule is O=C(NCCN(C(=O)C(F)(F)F)c1ccc(S(=O)(=O)Cl)cc1)c1ccc(F)cc1. The molecule has 156 valence electrons. The third-order valence-electron chi connectivity index (χ3n) is 3.64. The van der Waals surface area contributed by atoms with Crippen LogP contribution in [0.1, 0.15) is 10.4 Å². The van der Waals surface area contributed by atoms with Gasteiger partial charge in [0.25, 0.3) is 15.0 Å². The first kappa shape index (κ1) is 22.6. The van der Waals surface area contributed by atoms with Crippen molar-refractivity contribution < 1.29 is 35.6 Å². The van der Waals surface area contributed by atoms with Crippen LogP contribution >= 0.6 is 10.7 Å². The summed E-state index contributed by atoms with van der Waals surface area (Å²) < 4.78 is 74.1. The number of amides is 2. The van der Waals surface area contributed by atoms with E-state index in [1.165, 1.54) is 12.1 Å². The van der Waals surface area contributed by atoms with Gasteiger partial charge in [0.05, 0.1) is 4.90 Å². The van der Waals surface area contributed by atoms with E-state index in [2.05, 4.69) is 5.32 Å². The average molecular weight is 453 g/mol. The lowest BCUT2D eigenvalue weighted by molar-refractivity contribution is -0.170. The van der Waals surface area contributed by atoms with Gasteiger partial charge in [-0.3, -0.25) is 9.59 Å². The van der Waals surface area contributed by atoms with Gasteiger partial charge < -0.3 is 10.2 Å². The molecule has 0 aliphatic heterocycles. The topological polar surface area (TPSA) is 83.6 Å². The summed E-state index contributed by atoms with van der Waals surface area (Å²) in [6.45, 7) is -0.911. The first-order valence-electron chi connectivity index (χ1n) is 7.87. The van der Waals surface area contributed by atoms with Crippen LogP contribution in [0, 0.1) is 5.82 Å². The van der Waals surface area contributed by atoms with Gasteiger partial charge in [0.2, 0.25) is 0 Å². The summed E-state index contributed by atoms with van der Waals surface area (Å²) in [5.41, 5.74) is -0.163. The number of hydrogen-bond acceptors (Lipinski definition) is 4. The van der Waals surface area contributed by atoms with Crippen molar-refractivity contribution in [2.45, 2.75) is 11.1 Å². The highest BCUT2D eigenvalue weighted by Crippen LogP contribution is 2.25. The van der Waals surface area contributed by atoms with Crippen LogP contribution in [0.3, 0.4) is 0 Å². The molecule has 1 N–H and O–H groups in total. The molecule has 2 aromatic rings. The minimum absolute atomic E-state index is 0.0803. The standard InChI is InChI=1S/C17H13ClF4N2O4S/c18-29(27,28)14-7-5-13(6-8-14)24(16(26)17(20,21)22)10-9-23-15(25)11-1-3-12(19)4-2-11/h1-8H,9-10H2,(H,23,25). The zero-order valence-corrected chi connectivity index (χ0v) is 16.0. The Labute approximate surface area is 167 Å². The molecule has 0 aromatic heterocycles. The highest BCUT2D eigenvalue weighted by atomic mass is 35.7. The van der Waals surface area contributed by atoms with Gasteiger partial charge in [-0.05, 0) is 48.5 Å². The number of alkyl halides is 3. The first-order chi connectivity index (χ1) is 13.4. The molecule has 29 heavy (non-hydrogen) atoms. The molecule has 0 saturated heterocycles. The minimum atomic E-state index is -5.20. The summed E-state index contributed by atoms with van der Waals surface area (Å²) in [7, 11) is 1.06. The van der Waals surface area contributed by atoms with E-state index in [1.54, 1.807) is 0 Å². The summed E-state index contributed by atoms with van der Waals surface area (Å²) in [6.07, 6.45) is -5.20. The molecule has 0 radical (unpaired) electrons. The van der Waals surface area contributed by atoms with Gasteiger partial charge in [-0.1, -0.05) is 0 Å². The van der Waals surface area contributed by atoms with Crippen molar-refractivity contribution in [3.63, 3.8) is 0 Å². The van der Waals surface area contributed by atoms with E-state index >= 15 is 0 Å². The Balaban J connectivity index is 2.15. The minimum Gasteiger partial charge on any atom is -0.350 e. The third-order valence-corrected chi connectivity index (χ3v) is 5.01. The van der Waals surface area contributed by atoms with Crippen molar-refractivity contribution in [1.82, 2.24) is 5.32 Å². The number of halogens is 5. The summed E-state index contributed by atoms with van der Waals surface area (Å²) in [5, 5.41) is 2.32. The molecule has 12 heteroatoms. The number of rotatable bonds is 6. The molecule has 2 aromatic carbocycles. The molecule has 2 rings (SSSR count). The summed E-state index contributed by atoms with van der Waals surface area (Å²) in [5.74, 6) is -3.44. The molecule has 0 aliphatic carbocycles. The van der Waals surface area contributed by atoms with E-state index in [-0.39, 0.29) is 22.7 Å². The smallest absolute Gasteiger partial charge is 0.350 e. The second-order valence-corrected chi connectivity index (χ2v) is 8.22. The van der Waals surface area contributed by atoms with E-state index < -0.39 is 39.4 Å². The fraction of sp³-hybridized carbons (Fsp3) is 0.176. The fourth-order valence-corrected chi connectivity index (χ4v) is 3.04. The van der Waals surface area contributed by atoms with E-state index in [0.29, 0.717) is 4.90 Å². The van der Waals surface area contributed by atoms with Crippen molar-refractivity contribution in [1.29, 1.82) is 0 Å². The largest absolute Gasteiger partial charge is 0.471 e. The number of benzene rings is 2. The zero-order valence-electron chi connectivity index (χ0n) is 14.4. The average Bonchev–Trinajstić information content (AvgIpc) is 2.64. The predicted molar refractivity (Wildman–Crippen MR) is 96.6 cm³/mol. The molecule has 0 bridgehead atoms. The van der Waals surface area contributed by atoms with Crippen LogP contribution in [0.15, 0.2) is 53.4 Å². The maximum absolute atomic E-state index is 12.9. The maximum atomic E-state index is 12.9. The lowest BCUT2D eigenvalue weighted by Gasteiger charge is -2.24. The van der Waals surface area contributed by atoms with Crippen LogP contribution in [0.4, 0.5) is 23.2 Å². The fourth-order valence-electron chi connectivity index (χ4n) is 2.27. The molecule has 0 fully saturated rings. The van der Waals surface area contributed by atoms with Crippen molar-refractivity contribution in [2.75, 3.05) is 18.0 Å². The number of hydrogen-bond donors (Lipinski definition) is 1. The molecule has 0 aliphatic rings. The van der Waals surface area contributed by atoms with Gasteiger partial charge in [0.15, 0.2) is 0 Å². The molecule has 0 saturated carbocycles. The van der Waals surface area contributed by atoms with E-state index in [4.69, 9.17) is 10.7 Å². The zero-order chi connectivity index (χ0) is 21.8. The molecule has 0 atom stereocenters. The number of anilines is 1. The van der Waals surface area contributed by atoms with Crippen LogP contribution < -0.4 is 10.2 Å². The summed E-state index contributed by atoms with van der Waals surface area (Å²) in [6, 6.07) is 8.34. The van der Waals surface area contributed by atoms with E-state index in [1.807, 2.05) is 0 Å². The monoisotopic (exact) mass is 452 g/mol. The molecule has 0 spiro atoms. The Morgan fingerprint density at radius 2 is 1.55 bits per heavy atom. The highest BCUT2D eigenvalue weighted by Gasteiger charge is 2.43. The van der Waals surface area contributed by atoms with Gasteiger partial charge in [-0.25, -0.2) is 12.8 Å². The number of carbonyl (C=O) groups is 2. The maximum Gasteiger partial charge on any atom is 0.471 e. The van der Waals surface area contributed by atoms with Gasteiger partial charge in [0.1, 0.15) is 5.82 Å². The molecule has 0 heterocycles. The third kappa shape index (κ3) is 6.16. The van der Waals surface area contributed by atoms with Crippen LogP contribution in [-0.4, -0.2) is 39.5 Å². The van der Waals surface area contributed by atoms with Gasteiger partial charge >= 0.3 is 12.1 Å². The van der Waals surface area contributed by atoms with Crippen LogP contribution in [0.5, 0.6) is 0 Å². The molecule has 0 unspecified atom stereocenters. The van der Waals surface area contributed by atoms with E-state index in [9.17, 15) is 35.6 Å². The molecular weight excluding hydrogens is 440 g/mol. The van der Waals surface area contributed by atoms with Crippen molar-refractivity contribution in [3.8, 4) is 0 Å². The summed E-state index contributed by atoms with van der Waals surface area (Å²) in [4.78, 5) is 23.7. The highest BCUT2D eigenvalue weighted by molar-refractivity contribution is 8.13. The van der Waals surface area contributed by atoms with Crippen LogP contribution in [0.2, 0.25) is 0 Å². The lowest BCUT2D eigenvalue weighted by atomic mass is 10.2. The first-order valence-corrected chi connectivity index (χ1v) is 10.2. The van der Waals surface area contributed by atoms with Crippen molar-refractivity contribution >= 4 is 37.2 Å². The van der Waals surface area contributed by atoms with Gasteiger partial charge in [0, 0.05) is 35.0 Å². The Hall–Kier alpha value is -2.66. The number of nitrogens with one attached hydrogen (secondary N) is 1. The van der Waals surface area contributed by atoms with Crippen LogP contribution in [-0.2, 0) is 13.8 Å². The number of carbonyl (C=O) groups excluding carboxylic acids is 2. The van der Waals surface area contributed by atoms with E-state index in [0.717, 1.165) is 36.4 Å². The molecule has 6 nitrogen and oxygen atoms in total. The quantitative estimate of drug-likeness (QED) is 0.539. The lowest BCUT2D eigenvalue weighted by Crippen LogP contribution is -2.45. The number of nitrogens with zero attached hydrogens (tertiary/aromatic N) is 1. The normalized spacial score (nSPS) is 11.8. The molecular formula is C17H13ClF4N2O4S.